The molecule has 1 aromatic carbocycles. The number of carbonyl (C=O) groups is 1. The Labute approximate surface area is 151 Å². The average molecular weight is 370 g/mol. The van der Waals surface area contributed by atoms with Crippen LogP contribution in [-0.2, 0) is 16.9 Å². The van der Waals surface area contributed by atoms with Gasteiger partial charge in [0.25, 0.3) is 0 Å². The van der Waals surface area contributed by atoms with E-state index in [1.54, 1.807) is 12.1 Å². The Balaban J connectivity index is 1.56. The molecule has 0 radical (unpaired) electrons. The second-order valence-electron chi connectivity index (χ2n) is 6.79. The summed E-state index contributed by atoms with van der Waals surface area (Å²) in [6.07, 6.45) is 4.94. The fraction of sp³-hybridized carbons (Fsp3) is 0.632. The van der Waals surface area contributed by atoms with Crippen LogP contribution in [0, 0.1) is 0 Å². The predicted molar refractivity (Wildman–Crippen MR) is 91.9 cm³/mol. The van der Waals surface area contributed by atoms with E-state index in [2.05, 4.69) is 10.2 Å². The highest BCUT2D eigenvalue weighted by Crippen LogP contribution is 2.52. The predicted octanol–water partition coefficient (Wildman–Crippen LogP) is 6.01. The smallest absolute Gasteiger partial charge is 0.442 e. The zero-order valence-corrected chi connectivity index (χ0v) is 14.8. The Morgan fingerprint density at radius 2 is 1.38 bits per heavy atom. The minimum Gasteiger partial charge on any atom is -0.481 e. The maximum Gasteiger partial charge on any atom is 0.442 e. The van der Waals surface area contributed by atoms with Crippen LogP contribution < -0.4 is 0 Å². The largest absolute Gasteiger partial charge is 0.481 e. The molecule has 0 amide bonds. The topological polar surface area (TPSA) is 62.0 Å². The molecule has 4 nitrogen and oxygen atoms in total. The normalized spacial score (nSPS) is 15.2. The molecule has 0 spiro atoms. The number of aliphatic carboxylic acids is 1. The lowest BCUT2D eigenvalue weighted by atomic mass is 9.99. The second kappa shape index (κ2) is 9.14. The van der Waals surface area contributed by atoms with Crippen molar-refractivity contribution >= 4 is 5.97 Å². The summed E-state index contributed by atoms with van der Waals surface area (Å²) in [7, 11) is 0. The molecule has 1 heterocycles. The van der Waals surface area contributed by atoms with E-state index in [4.69, 9.17) is 5.11 Å². The summed E-state index contributed by atoms with van der Waals surface area (Å²) in [5.74, 6) is -0.729. The number of benzene rings is 1. The van der Waals surface area contributed by atoms with Crippen molar-refractivity contribution < 1.29 is 23.1 Å². The lowest BCUT2D eigenvalue weighted by Gasteiger charge is -2.15. The molecular formula is C19H25F3N2O2. The maximum absolute atomic E-state index is 12.9. The molecule has 2 rings (SSSR count). The van der Waals surface area contributed by atoms with E-state index >= 15 is 0 Å². The summed E-state index contributed by atoms with van der Waals surface area (Å²) in [4.78, 5) is 10.4. The van der Waals surface area contributed by atoms with Crippen molar-refractivity contribution in [1.82, 2.24) is 0 Å². The standard InChI is InChI=1S/C19H25F3N2O2/c20-19(21,22)18(23-24-18)16-13-11-15(12-14-16)9-7-5-3-1-2-4-6-8-10-17(25)26/h11-14H,1-10H2,(H,25,26). The molecule has 144 valence electrons. The molecule has 0 unspecified atom stereocenters. The summed E-state index contributed by atoms with van der Waals surface area (Å²) < 4.78 is 38.8. The Bertz CT molecular complexity index is 606. The quantitative estimate of drug-likeness (QED) is 0.458. The molecule has 26 heavy (non-hydrogen) atoms. The molecule has 0 bridgehead atoms. The van der Waals surface area contributed by atoms with Crippen molar-refractivity contribution in [2.75, 3.05) is 0 Å². The number of rotatable bonds is 12. The first kappa shape index (κ1) is 20.4. The van der Waals surface area contributed by atoms with E-state index in [9.17, 15) is 18.0 Å². The molecule has 1 aliphatic heterocycles. The molecule has 1 aliphatic rings. The third-order valence-corrected chi connectivity index (χ3v) is 4.66. The second-order valence-corrected chi connectivity index (χ2v) is 6.79. The number of carboxylic acid groups (broad SMARTS) is 1. The van der Waals surface area contributed by atoms with Gasteiger partial charge in [0.05, 0.1) is 0 Å². The van der Waals surface area contributed by atoms with Gasteiger partial charge < -0.3 is 5.11 Å². The summed E-state index contributed by atoms with van der Waals surface area (Å²) in [5.41, 5.74) is -1.22. The van der Waals surface area contributed by atoms with E-state index in [0.717, 1.165) is 63.4 Å². The number of hydrogen-bond acceptors (Lipinski definition) is 3. The number of aryl methyl sites for hydroxylation is 1. The highest BCUT2D eigenvalue weighted by molar-refractivity contribution is 5.66. The number of halogens is 3. The van der Waals surface area contributed by atoms with Gasteiger partial charge in [-0.05, 0) is 24.8 Å². The van der Waals surface area contributed by atoms with Gasteiger partial charge in [0.1, 0.15) is 0 Å². The SMILES string of the molecule is O=C(O)CCCCCCCCCCc1ccc(C2(C(F)(F)F)N=N2)cc1. The van der Waals surface area contributed by atoms with Crippen LogP contribution in [0.4, 0.5) is 13.2 Å². The molecule has 1 aromatic rings. The summed E-state index contributed by atoms with van der Waals surface area (Å²) in [5, 5.41) is 15.0. The fourth-order valence-corrected chi connectivity index (χ4v) is 3.01. The fourth-order valence-electron chi connectivity index (χ4n) is 3.01. The zero-order valence-electron chi connectivity index (χ0n) is 14.8. The molecule has 0 aliphatic carbocycles. The summed E-state index contributed by atoms with van der Waals surface area (Å²) in [6, 6.07) is 6.41. The Morgan fingerprint density at radius 1 is 0.885 bits per heavy atom. The Morgan fingerprint density at radius 3 is 1.85 bits per heavy atom. The van der Waals surface area contributed by atoms with Crippen molar-refractivity contribution in [3.8, 4) is 0 Å². The molecule has 0 atom stereocenters. The summed E-state index contributed by atoms with van der Waals surface area (Å²) >= 11 is 0. The summed E-state index contributed by atoms with van der Waals surface area (Å²) in [6.45, 7) is 0. The first-order valence-corrected chi connectivity index (χ1v) is 9.17. The van der Waals surface area contributed by atoms with Gasteiger partial charge in [-0.15, -0.1) is 10.2 Å². The number of unbranched alkanes of at least 4 members (excludes halogenated alkanes) is 7. The van der Waals surface area contributed by atoms with Crippen LogP contribution in [0.5, 0.6) is 0 Å². The van der Waals surface area contributed by atoms with Gasteiger partial charge in [-0.3, -0.25) is 4.79 Å². The van der Waals surface area contributed by atoms with Crippen molar-refractivity contribution in [2.24, 2.45) is 10.2 Å². The minimum absolute atomic E-state index is 0.0802. The molecule has 1 N–H and O–H groups in total. The maximum atomic E-state index is 12.9. The van der Waals surface area contributed by atoms with Gasteiger partial charge in [-0.1, -0.05) is 62.8 Å². The molecule has 7 heteroatoms. The van der Waals surface area contributed by atoms with Crippen LogP contribution in [0.2, 0.25) is 0 Å². The zero-order chi connectivity index (χ0) is 19.0. The highest BCUT2D eigenvalue weighted by atomic mass is 19.4. The Hall–Kier alpha value is -1.92. The van der Waals surface area contributed by atoms with E-state index in [0.29, 0.717) is 0 Å². The van der Waals surface area contributed by atoms with E-state index in [1.165, 1.54) is 12.1 Å². The highest BCUT2D eigenvalue weighted by Gasteiger charge is 2.65. The van der Waals surface area contributed by atoms with Gasteiger partial charge in [-0.2, -0.15) is 13.2 Å². The van der Waals surface area contributed by atoms with Gasteiger partial charge in [0.2, 0.25) is 0 Å². The lowest BCUT2D eigenvalue weighted by Crippen LogP contribution is -2.30. The third kappa shape index (κ3) is 5.81. The van der Waals surface area contributed by atoms with Crippen molar-refractivity contribution in [1.29, 1.82) is 0 Å². The molecule has 0 saturated heterocycles. The van der Waals surface area contributed by atoms with Gasteiger partial charge in [0, 0.05) is 12.0 Å². The third-order valence-electron chi connectivity index (χ3n) is 4.66. The van der Waals surface area contributed by atoms with E-state index in [1.807, 2.05) is 0 Å². The number of nitrogens with zero attached hydrogens (tertiary/aromatic N) is 2. The lowest BCUT2D eigenvalue weighted by molar-refractivity contribution is -0.166. The van der Waals surface area contributed by atoms with Crippen LogP contribution in [0.25, 0.3) is 0 Å². The van der Waals surface area contributed by atoms with Crippen LogP contribution in [-0.4, -0.2) is 17.3 Å². The first-order valence-electron chi connectivity index (χ1n) is 9.17. The molecule has 0 saturated carbocycles. The van der Waals surface area contributed by atoms with Crippen LogP contribution >= 0.6 is 0 Å². The molecule has 0 fully saturated rings. The van der Waals surface area contributed by atoms with Gasteiger partial charge in [-0.25, -0.2) is 0 Å². The van der Waals surface area contributed by atoms with Gasteiger partial charge in [0.15, 0.2) is 0 Å². The number of alkyl halides is 3. The van der Waals surface area contributed by atoms with E-state index in [-0.39, 0.29) is 12.0 Å². The van der Waals surface area contributed by atoms with Crippen molar-refractivity contribution in [3.05, 3.63) is 35.4 Å². The van der Waals surface area contributed by atoms with Crippen LogP contribution in [0.15, 0.2) is 34.5 Å². The van der Waals surface area contributed by atoms with Crippen molar-refractivity contribution in [2.45, 2.75) is 76.0 Å². The number of hydrogen-bond donors (Lipinski definition) is 1. The number of carboxylic acids is 1. The minimum atomic E-state index is -4.47. The van der Waals surface area contributed by atoms with Crippen LogP contribution in [0.3, 0.4) is 0 Å². The monoisotopic (exact) mass is 370 g/mol. The van der Waals surface area contributed by atoms with Crippen LogP contribution in [0.1, 0.15) is 68.9 Å². The Kier molecular flexibility index (Phi) is 7.17. The van der Waals surface area contributed by atoms with Gasteiger partial charge >= 0.3 is 17.8 Å². The molecule has 0 aromatic heterocycles. The average Bonchev–Trinajstić information content (AvgIpc) is 3.38. The first-order chi connectivity index (χ1) is 12.3. The van der Waals surface area contributed by atoms with Crippen molar-refractivity contribution in [3.63, 3.8) is 0 Å². The molecular weight excluding hydrogens is 345 g/mol. The van der Waals surface area contributed by atoms with E-state index < -0.39 is 17.8 Å².